The molecule has 1 N–H and O–H groups in total. The van der Waals surface area contributed by atoms with Gasteiger partial charge in [0.1, 0.15) is 5.82 Å². The number of hydrazine groups is 1. The highest BCUT2D eigenvalue weighted by Gasteiger charge is 2.20. The zero-order valence-electron chi connectivity index (χ0n) is 12.0. The van der Waals surface area contributed by atoms with E-state index in [9.17, 15) is 0 Å². The fraction of sp³-hybridized carbons (Fsp3) is 0.250. The van der Waals surface area contributed by atoms with Crippen molar-refractivity contribution >= 4 is 5.71 Å². The molecule has 3 rings (SSSR count). The van der Waals surface area contributed by atoms with Crippen LogP contribution in [0.4, 0.5) is 0 Å². The van der Waals surface area contributed by atoms with Gasteiger partial charge in [-0.1, -0.05) is 26.0 Å². The summed E-state index contributed by atoms with van der Waals surface area (Å²) in [5.74, 6) is 0.939. The van der Waals surface area contributed by atoms with Crippen molar-refractivity contribution in [3.8, 4) is 6.07 Å². The van der Waals surface area contributed by atoms with Gasteiger partial charge in [0.15, 0.2) is 0 Å². The monoisotopic (exact) mass is 266 g/mol. The quantitative estimate of drug-likeness (QED) is 0.850. The first-order chi connectivity index (χ1) is 9.78. The minimum absolute atomic E-state index is 0.666. The minimum atomic E-state index is 0.666. The van der Waals surface area contributed by atoms with E-state index < -0.39 is 0 Å². The molecule has 4 heteroatoms. The lowest BCUT2D eigenvalue weighted by Gasteiger charge is -2.24. The summed E-state index contributed by atoms with van der Waals surface area (Å²) in [5, 5.41) is 10.8. The molecule has 1 aromatic carbocycles. The summed E-state index contributed by atoms with van der Waals surface area (Å²) in [6, 6.07) is 9.61. The average Bonchev–Trinajstić information content (AvgIpc) is 2.98. The predicted molar refractivity (Wildman–Crippen MR) is 80.7 cm³/mol. The number of rotatable bonds is 1. The Morgan fingerprint density at radius 2 is 1.95 bits per heavy atom. The summed E-state index contributed by atoms with van der Waals surface area (Å²) >= 11 is 0. The third-order valence-corrected chi connectivity index (χ3v) is 3.01. The second-order valence-electron chi connectivity index (χ2n) is 4.23. The third kappa shape index (κ3) is 2.63. The second kappa shape index (κ2) is 6.18. The van der Waals surface area contributed by atoms with Crippen LogP contribution in [-0.2, 0) is 0 Å². The Kier molecular flexibility index (Phi) is 4.34. The highest BCUT2D eigenvalue weighted by Crippen LogP contribution is 2.22. The van der Waals surface area contributed by atoms with Crippen molar-refractivity contribution in [2.75, 3.05) is 6.54 Å². The summed E-state index contributed by atoms with van der Waals surface area (Å²) in [4.78, 5) is 4.60. The van der Waals surface area contributed by atoms with Gasteiger partial charge in [0.2, 0.25) is 0 Å². The van der Waals surface area contributed by atoms with Gasteiger partial charge >= 0.3 is 0 Å². The Balaban J connectivity index is 0.000000704. The van der Waals surface area contributed by atoms with Gasteiger partial charge in [0.05, 0.1) is 17.3 Å². The van der Waals surface area contributed by atoms with Crippen LogP contribution in [0.1, 0.15) is 31.9 Å². The van der Waals surface area contributed by atoms with E-state index in [1.54, 1.807) is 0 Å². The van der Waals surface area contributed by atoms with Crippen molar-refractivity contribution < 1.29 is 0 Å². The van der Waals surface area contributed by atoms with E-state index in [1.807, 2.05) is 56.1 Å². The SMILES string of the molecule is CC.CC1=CC(c2ccc(C#N)cc2)=NC2=CCNN12. The van der Waals surface area contributed by atoms with Crippen LogP contribution in [0, 0.1) is 11.3 Å². The molecular weight excluding hydrogens is 248 g/mol. The van der Waals surface area contributed by atoms with Crippen molar-refractivity contribution in [1.29, 1.82) is 5.26 Å². The van der Waals surface area contributed by atoms with Gasteiger partial charge in [-0.3, -0.25) is 5.01 Å². The smallest absolute Gasteiger partial charge is 0.145 e. The molecule has 0 radical (unpaired) electrons. The molecule has 2 aliphatic rings. The van der Waals surface area contributed by atoms with Crippen LogP contribution in [-0.4, -0.2) is 17.3 Å². The molecule has 0 spiro atoms. The predicted octanol–water partition coefficient (Wildman–Crippen LogP) is 2.95. The van der Waals surface area contributed by atoms with Gasteiger partial charge in [-0.25, -0.2) is 10.4 Å². The first kappa shape index (κ1) is 14.0. The number of allylic oxidation sites excluding steroid dienone is 2. The molecule has 0 fully saturated rings. The van der Waals surface area contributed by atoms with Crippen molar-refractivity contribution in [2.45, 2.75) is 20.8 Å². The number of nitrogens with zero attached hydrogens (tertiary/aromatic N) is 3. The Morgan fingerprint density at radius 3 is 2.60 bits per heavy atom. The molecule has 0 unspecified atom stereocenters. The molecular formula is C16H18N4. The second-order valence-corrected chi connectivity index (χ2v) is 4.23. The topological polar surface area (TPSA) is 51.4 Å². The summed E-state index contributed by atoms with van der Waals surface area (Å²) < 4.78 is 0. The molecule has 0 bridgehead atoms. The Morgan fingerprint density at radius 1 is 1.25 bits per heavy atom. The van der Waals surface area contributed by atoms with Crippen LogP contribution in [0.15, 0.2) is 52.9 Å². The summed E-state index contributed by atoms with van der Waals surface area (Å²) in [7, 11) is 0. The van der Waals surface area contributed by atoms with E-state index in [4.69, 9.17) is 5.26 Å². The van der Waals surface area contributed by atoms with Crippen LogP contribution in [0.5, 0.6) is 0 Å². The van der Waals surface area contributed by atoms with Gasteiger partial charge in [-0.05, 0) is 31.2 Å². The minimum Gasteiger partial charge on any atom is -0.264 e. The first-order valence-electron chi connectivity index (χ1n) is 6.79. The number of fused-ring (bicyclic) bond motifs is 1. The lowest BCUT2D eigenvalue weighted by molar-refractivity contribution is 0.350. The van der Waals surface area contributed by atoms with E-state index in [1.165, 1.54) is 0 Å². The van der Waals surface area contributed by atoms with Crippen molar-refractivity contribution in [3.63, 3.8) is 0 Å². The van der Waals surface area contributed by atoms with Crippen LogP contribution in [0.2, 0.25) is 0 Å². The third-order valence-electron chi connectivity index (χ3n) is 3.01. The maximum absolute atomic E-state index is 8.79. The zero-order chi connectivity index (χ0) is 14.5. The van der Waals surface area contributed by atoms with Gasteiger partial charge < -0.3 is 0 Å². The molecule has 0 amide bonds. The highest BCUT2D eigenvalue weighted by molar-refractivity contribution is 6.10. The number of aliphatic imine (C=N–C) groups is 1. The molecule has 102 valence electrons. The molecule has 1 aromatic rings. The highest BCUT2D eigenvalue weighted by atomic mass is 15.6. The molecule has 0 saturated heterocycles. The molecule has 2 heterocycles. The van der Waals surface area contributed by atoms with E-state index in [2.05, 4.69) is 22.6 Å². The van der Waals surface area contributed by atoms with Crippen molar-refractivity contribution in [3.05, 3.63) is 59.1 Å². The van der Waals surface area contributed by atoms with Crippen molar-refractivity contribution in [1.82, 2.24) is 10.4 Å². The van der Waals surface area contributed by atoms with Crippen molar-refractivity contribution in [2.24, 2.45) is 4.99 Å². The number of nitrogens with one attached hydrogen (secondary N) is 1. The number of nitriles is 1. The lowest BCUT2D eigenvalue weighted by atomic mass is 10.1. The lowest BCUT2D eigenvalue weighted by Crippen LogP contribution is -2.32. The Hall–Kier alpha value is -2.38. The van der Waals surface area contributed by atoms with E-state index in [-0.39, 0.29) is 0 Å². The molecule has 0 saturated carbocycles. The van der Waals surface area contributed by atoms with Crippen LogP contribution in [0.25, 0.3) is 0 Å². The Bertz CT molecular complexity index is 615. The van der Waals surface area contributed by atoms with Crippen LogP contribution >= 0.6 is 0 Å². The fourth-order valence-electron chi connectivity index (χ4n) is 2.08. The molecule has 0 aliphatic carbocycles. The maximum atomic E-state index is 8.79. The molecule has 0 aromatic heterocycles. The fourth-order valence-corrected chi connectivity index (χ4v) is 2.08. The first-order valence-corrected chi connectivity index (χ1v) is 6.79. The van der Waals surface area contributed by atoms with Gasteiger partial charge in [0, 0.05) is 17.8 Å². The normalized spacial score (nSPS) is 16.1. The number of benzene rings is 1. The standard InChI is InChI=1S/C14H12N4.C2H6/c1-10-8-13(17-14-6-7-16-18(10)14)12-4-2-11(9-15)3-5-12;1-2/h2-6,8,16H,7H2,1H3;1-2H3. The largest absolute Gasteiger partial charge is 0.264 e. The van der Waals surface area contributed by atoms with E-state index in [0.29, 0.717) is 5.56 Å². The van der Waals surface area contributed by atoms with E-state index in [0.717, 1.165) is 29.3 Å². The summed E-state index contributed by atoms with van der Waals surface area (Å²) in [6.07, 6.45) is 4.09. The van der Waals surface area contributed by atoms with Gasteiger partial charge in [-0.15, -0.1) is 0 Å². The summed E-state index contributed by atoms with van der Waals surface area (Å²) in [6.45, 7) is 6.86. The number of hydrogen-bond acceptors (Lipinski definition) is 4. The van der Waals surface area contributed by atoms with Crippen LogP contribution < -0.4 is 5.43 Å². The number of hydrogen-bond donors (Lipinski definition) is 1. The molecule has 4 nitrogen and oxygen atoms in total. The zero-order valence-corrected chi connectivity index (χ0v) is 12.0. The van der Waals surface area contributed by atoms with Gasteiger partial charge in [0.25, 0.3) is 0 Å². The average molecular weight is 266 g/mol. The van der Waals surface area contributed by atoms with Crippen LogP contribution in [0.3, 0.4) is 0 Å². The maximum Gasteiger partial charge on any atom is 0.145 e. The Labute approximate surface area is 119 Å². The summed E-state index contributed by atoms with van der Waals surface area (Å²) in [5.41, 5.74) is 6.97. The van der Waals surface area contributed by atoms with Gasteiger partial charge in [-0.2, -0.15) is 5.26 Å². The molecule has 0 atom stereocenters. The molecule has 20 heavy (non-hydrogen) atoms. The van der Waals surface area contributed by atoms with E-state index >= 15 is 0 Å². The molecule has 2 aliphatic heterocycles.